The largest absolute Gasteiger partial charge is 0.475 e. The zero-order chi connectivity index (χ0) is 54.5. The number of carbonyl (C=O) groups is 1. The summed E-state index contributed by atoms with van der Waals surface area (Å²) >= 11 is 0. The molecule has 4 N–H and O–H groups in total. The highest BCUT2D eigenvalue weighted by molar-refractivity contribution is 7.90. The molecule has 5 aliphatic rings. The first kappa shape index (κ1) is 53.3. The number of H-pyrrole nitrogens is 1. The molecule has 0 radical (unpaired) electrons. The molecule has 3 saturated carbocycles. The van der Waals surface area contributed by atoms with E-state index < -0.39 is 42.9 Å². The molecule has 21 heteroatoms. The molecule has 414 valence electrons. The maximum Gasteiger partial charge on any atom is 0.312 e. The minimum absolute atomic E-state index is 0.00335. The van der Waals surface area contributed by atoms with Gasteiger partial charge in [0.2, 0.25) is 5.82 Å². The lowest BCUT2D eigenvalue weighted by molar-refractivity contribution is -0.384. The first-order valence-corrected chi connectivity index (χ1v) is 29.1. The highest BCUT2D eigenvalue weighted by atomic mass is 32.2. The Morgan fingerprint density at radius 3 is 2.49 bits per heavy atom. The molecule has 1 amide bonds. The molecule has 1 atom stereocenters. The third-order valence-corrected chi connectivity index (χ3v) is 18.3. The predicted molar refractivity (Wildman–Crippen MR) is 293 cm³/mol. The number of nitro groups is 1. The first-order chi connectivity index (χ1) is 37.4. The van der Waals surface area contributed by atoms with Crippen LogP contribution in [-0.2, 0) is 16.6 Å². The summed E-state index contributed by atoms with van der Waals surface area (Å²) in [4.78, 5) is 44.2. The number of aromatic nitrogens is 5. The zero-order valence-corrected chi connectivity index (χ0v) is 45.6. The fourth-order valence-corrected chi connectivity index (χ4v) is 13.3. The Balaban J connectivity index is 0.806. The fraction of sp³-hybridized carbons (Fsp3) is 0.509. The van der Waals surface area contributed by atoms with E-state index in [4.69, 9.17) is 9.47 Å². The van der Waals surface area contributed by atoms with Gasteiger partial charge in [0.15, 0.2) is 5.75 Å². The van der Waals surface area contributed by atoms with E-state index in [9.17, 15) is 28.4 Å². The van der Waals surface area contributed by atoms with E-state index in [0.717, 1.165) is 89.1 Å². The van der Waals surface area contributed by atoms with Gasteiger partial charge in [0.05, 0.1) is 46.5 Å². The molecule has 2 aromatic carbocycles. The maximum absolute atomic E-state index is 15.0. The van der Waals surface area contributed by atoms with Crippen molar-refractivity contribution in [3.63, 3.8) is 0 Å². The smallest absolute Gasteiger partial charge is 0.312 e. The van der Waals surface area contributed by atoms with Crippen molar-refractivity contribution in [2.75, 3.05) is 56.1 Å². The van der Waals surface area contributed by atoms with E-state index in [-0.39, 0.29) is 63.8 Å². The van der Waals surface area contributed by atoms with Gasteiger partial charge in [0, 0.05) is 99.7 Å². The number of halogens is 1. The number of ether oxygens (including phenoxy) is 2. The molecule has 78 heavy (non-hydrogen) atoms. The van der Waals surface area contributed by atoms with Crippen molar-refractivity contribution < 1.29 is 37.1 Å². The van der Waals surface area contributed by atoms with Crippen molar-refractivity contribution >= 4 is 44.2 Å². The van der Waals surface area contributed by atoms with Gasteiger partial charge in [-0.2, -0.15) is 10.1 Å². The Hall–Kier alpha value is -6.68. The Morgan fingerprint density at radius 2 is 1.76 bits per heavy atom. The van der Waals surface area contributed by atoms with Gasteiger partial charge in [-0.05, 0) is 119 Å². The average Bonchev–Trinajstić information content (AvgIpc) is 4.19. The molecule has 11 rings (SSSR count). The zero-order valence-electron chi connectivity index (χ0n) is 44.8. The lowest BCUT2D eigenvalue weighted by Gasteiger charge is -2.58. The molecule has 0 unspecified atom stereocenters. The second-order valence-electron chi connectivity index (χ2n) is 23.0. The van der Waals surface area contributed by atoms with E-state index in [1.54, 1.807) is 26.0 Å². The van der Waals surface area contributed by atoms with Crippen LogP contribution in [-0.4, -0.2) is 116 Å². The quantitative estimate of drug-likeness (QED) is 0.0464. The third-order valence-electron chi connectivity index (χ3n) is 17.0. The summed E-state index contributed by atoms with van der Waals surface area (Å²) in [6.45, 7) is 13.9. The molecular weight excluding hydrogens is 1020 g/mol. The van der Waals surface area contributed by atoms with Gasteiger partial charge in [0.25, 0.3) is 21.8 Å². The number of hydrogen-bond acceptors (Lipinski definition) is 15. The number of rotatable bonds is 18. The van der Waals surface area contributed by atoms with Gasteiger partial charge in [0.1, 0.15) is 22.1 Å². The number of amides is 1. The summed E-state index contributed by atoms with van der Waals surface area (Å²) in [7, 11) is -4.74. The SMILES string of the molecule is CCOc1nc2[nH]cc(F)c2cc1Oc1cc(N2CCC3(CC2)CC(N2CCN(Cc4cnn(C5CC5)c4)C[C@H]2c2ccccc2C(C)C)C3)ccc1C(=O)NS(=O)(=O)c1cnc(NCC2CCC(C)(O)CC2)c([N+](=O)[O-])c1. The minimum atomic E-state index is -4.74. The molecule has 5 fully saturated rings. The highest BCUT2D eigenvalue weighted by Crippen LogP contribution is 2.54. The van der Waals surface area contributed by atoms with Crippen LogP contribution in [0.15, 0.2) is 84.3 Å². The van der Waals surface area contributed by atoms with E-state index in [1.807, 2.05) is 6.20 Å². The van der Waals surface area contributed by atoms with Gasteiger partial charge in [-0.15, -0.1) is 0 Å². The molecule has 19 nitrogen and oxygen atoms in total. The third kappa shape index (κ3) is 11.3. The minimum Gasteiger partial charge on any atom is -0.475 e. The van der Waals surface area contributed by atoms with Crippen LogP contribution in [0.5, 0.6) is 17.4 Å². The lowest BCUT2D eigenvalue weighted by atomic mass is 9.59. The van der Waals surface area contributed by atoms with Crippen LogP contribution in [0.3, 0.4) is 0 Å². The van der Waals surface area contributed by atoms with Gasteiger partial charge in [-0.3, -0.25) is 29.4 Å². The number of piperazine rings is 1. The molecule has 0 bridgehead atoms. The van der Waals surface area contributed by atoms with Gasteiger partial charge in [-0.25, -0.2) is 22.5 Å². The number of nitrogens with one attached hydrogen (secondary N) is 3. The van der Waals surface area contributed by atoms with Crippen molar-refractivity contribution in [1.82, 2.24) is 39.3 Å². The molecule has 2 saturated heterocycles. The normalized spacial score (nSPS) is 22.2. The summed E-state index contributed by atoms with van der Waals surface area (Å²) in [5, 5.41) is 30.4. The summed E-state index contributed by atoms with van der Waals surface area (Å²) in [5.74, 6) is -1.26. The molecule has 3 aliphatic carbocycles. The summed E-state index contributed by atoms with van der Waals surface area (Å²) in [6, 6.07) is 17.4. The summed E-state index contributed by atoms with van der Waals surface area (Å²) in [6.07, 6.45) is 15.6. The van der Waals surface area contributed by atoms with Crippen LogP contribution < -0.4 is 24.4 Å². The van der Waals surface area contributed by atoms with Gasteiger partial charge in [-0.1, -0.05) is 38.1 Å². The molecule has 2 aliphatic heterocycles. The van der Waals surface area contributed by atoms with E-state index in [0.29, 0.717) is 50.2 Å². The van der Waals surface area contributed by atoms with Crippen LogP contribution in [0.4, 0.5) is 21.6 Å². The molecule has 6 aromatic rings. The van der Waals surface area contributed by atoms with Gasteiger partial charge >= 0.3 is 5.69 Å². The number of piperidine rings is 1. The van der Waals surface area contributed by atoms with Crippen LogP contribution in [0.2, 0.25) is 0 Å². The second kappa shape index (κ2) is 21.5. The molecular formula is C57H70FN11O8S. The van der Waals surface area contributed by atoms with Crippen molar-refractivity contribution in [1.29, 1.82) is 0 Å². The average molecular weight is 1090 g/mol. The second-order valence-corrected chi connectivity index (χ2v) is 24.7. The molecule has 6 heterocycles. The van der Waals surface area contributed by atoms with Crippen molar-refractivity contribution in [3.05, 3.63) is 118 Å². The van der Waals surface area contributed by atoms with E-state index in [1.165, 1.54) is 41.7 Å². The number of carbonyl (C=O) groups excluding carboxylic acids is 1. The lowest BCUT2D eigenvalue weighted by Crippen LogP contribution is -2.60. The highest BCUT2D eigenvalue weighted by Gasteiger charge is 2.50. The Morgan fingerprint density at radius 1 is 0.987 bits per heavy atom. The van der Waals surface area contributed by atoms with Gasteiger partial charge < -0.3 is 29.8 Å². The number of sulfonamides is 1. The Kier molecular flexibility index (Phi) is 14.7. The standard InChI is InChI=1S/C57H70FN11O8S/c1-5-76-55-51(26-46-47(58)32-61-52(46)63-55)77-50-24-40(12-13-45(50)54(70)64-78(74,75)42-25-48(69(72)73)53(60-31-42)59-29-37-14-16-56(4,71)17-15-37)66-20-18-57(19-21-66)27-41(28-57)67-23-22-65(33-38-30-62-68(34-38)39-10-11-39)35-49(67)44-9-7-6-8-43(44)36(2)3/h6-9,12-13,24-26,30-32,34,36-37,39,41,49,71H,5,10-11,14-23,27-29,33,35H2,1-4H3,(H,59,60)(H,61,63)(H,64,70)/t37?,49-,56?/m0/s1. The van der Waals surface area contributed by atoms with Crippen LogP contribution >= 0.6 is 0 Å². The Bertz CT molecular complexity index is 3300. The van der Waals surface area contributed by atoms with E-state index in [2.05, 4.69) is 93.8 Å². The number of anilines is 2. The van der Waals surface area contributed by atoms with Crippen LogP contribution in [0.25, 0.3) is 11.0 Å². The van der Waals surface area contributed by atoms with Crippen molar-refractivity contribution in [3.8, 4) is 17.4 Å². The van der Waals surface area contributed by atoms with Crippen LogP contribution in [0.1, 0.15) is 137 Å². The number of aromatic amines is 1. The summed E-state index contributed by atoms with van der Waals surface area (Å²) in [5.41, 5.74) is 3.72. The summed E-state index contributed by atoms with van der Waals surface area (Å²) < 4.78 is 59.3. The number of aliphatic hydroxyl groups is 1. The first-order valence-electron chi connectivity index (χ1n) is 27.6. The monoisotopic (exact) mass is 1090 g/mol. The van der Waals surface area contributed by atoms with Crippen LogP contribution in [0, 0.1) is 27.3 Å². The maximum atomic E-state index is 15.0. The number of nitrogens with zero attached hydrogens (tertiary/aromatic N) is 8. The van der Waals surface area contributed by atoms with Crippen molar-refractivity contribution in [2.45, 2.75) is 133 Å². The predicted octanol–water partition coefficient (Wildman–Crippen LogP) is 9.63. The topological polar surface area (TPSA) is 226 Å². The number of fused-ring (bicyclic) bond motifs is 1. The van der Waals surface area contributed by atoms with E-state index >= 15 is 4.39 Å². The number of benzene rings is 2. The Labute approximate surface area is 454 Å². The number of hydrogen-bond donors (Lipinski definition) is 4. The van der Waals surface area contributed by atoms with Crippen molar-refractivity contribution in [2.24, 2.45) is 11.3 Å². The number of pyridine rings is 2. The fourth-order valence-electron chi connectivity index (χ4n) is 12.4. The molecule has 1 spiro atoms. The molecule has 4 aromatic heterocycles.